The summed E-state index contributed by atoms with van der Waals surface area (Å²) in [5.41, 5.74) is 3.03. The van der Waals surface area contributed by atoms with Crippen molar-refractivity contribution in [3.63, 3.8) is 0 Å². The van der Waals surface area contributed by atoms with E-state index in [9.17, 15) is 0 Å². The van der Waals surface area contributed by atoms with Crippen LogP contribution in [0.1, 0.15) is 52.0 Å². The Morgan fingerprint density at radius 1 is 1.05 bits per heavy atom. The maximum atomic E-state index is 3.70. The summed E-state index contributed by atoms with van der Waals surface area (Å²) in [5.74, 6) is 0.884. The molecule has 1 N–H and O–H groups in total. The average Bonchev–Trinajstić information content (AvgIpc) is 2.26. The van der Waals surface area contributed by atoms with E-state index in [4.69, 9.17) is 0 Å². The minimum Gasteiger partial charge on any atom is -0.382 e. The molecule has 2 rings (SSSR count). The number of hydrogen-bond donors (Lipinski definition) is 1. The Morgan fingerprint density at radius 3 is 2.21 bits per heavy atom. The van der Waals surface area contributed by atoms with E-state index in [0.29, 0.717) is 11.5 Å². The SMILES string of the molecule is Cc1cc(Br)cc(NC2CCC(C(C)(C)C)CC2)c1. The predicted molar refractivity (Wildman–Crippen MR) is 87.7 cm³/mol. The molecule has 1 fully saturated rings. The lowest BCUT2D eigenvalue weighted by atomic mass is 9.71. The highest BCUT2D eigenvalue weighted by Gasteiger charge is 2.29. The molecule has 0 bridgehead atoms. The van der Waals surface area contributed by atoms with Crippen LogP contribution in [0.4, 0.5) is 5.69 Å². The van der Waals surface area contributed by atoms with Gasteiger partial charge in [-0.1, -0.05) is 36.7 Å². The van der Waals surface area contributed by atoms with E-state index in [2.05, 4.69) is 67.1 Å². The molecule has 2 heteroatoms. The van der Waals surface area contributed by atoms with Crippen LogP contribution in [-0.2, 0) is 0 Å². The van der Waals surface area contributed by atoms with Crippen LogP contribution in [0.5, 0.6) is 0 Å². The number of aryl methyl sites for hydroxylation is 1. The largest absolute Gasteiger partial charge is 0.382 e. The lowest BCUT2D eigenvalue weighted by Gasteiger charge is -2.37. The number of nitrogens with one attached hydrogen (secondary N) is 1. The van der Waals surface area contributed by atoms with Gasteiger partial charge in [0, 0.05) is 16.2 Å². The molecule has 0 saturated heterocycles. The number of rotatable bonds is 2. The predicted octanol–water partition coefficient (Wildman–Crippen LogP) is 5.77. The van der Waals surface area contributed by atoms with Crippen LogP contribution in [-0.4, -0.2) is 6.04 Å². The fourth-order valence-electron chi connectivity index (χ4n) is 3.16. The standard InChI is InChI=1S/C17H26BrN/c1-12-9-14(18)11-16(10-12)19-15-7-5-13(6-8-15)17(2,3)4/h9-11,13,15,19H,5-8H2,1-4H3. The van der Waals surface area contributed by atoms with Gasteiger partial charge in [0.15, 0.2) is 0 Å². The number of halogens is 1. The molecule has 1 aliphatic carbocycles. The molecule has 0 aromatic heterocycles. The Morgan fingerprint density at radius 2 is 1.68 bits per heavy atom. The molecule has 1 aromatic rings. The van der Waals surface area contributed by atoms with E-state index in [-0.39, 0.29) is 0 Å². The van der Waals surface area contributed by atoms with E-state index in [1.54, 1.807) is 0 Å². The third-order valence-electron chi connectivity index (χ3n) is 4.36. The van der Waals surface area contributed by atoms with Crippen molar-refractivity contribution in [2.45, 2.75) is 59.4 Å². The molecule has 1 aromatic carbocycles. The summed E-state index contributed by atoms with van der Waals surface area (Å²) in [4.78, 5) is 0. The summed E-state index contributed by atoms with van der Waals surface area (Å²) in [5, 5.41) is 3.70. The summed E-state index contributed by atoms with van der Waals surface area (Å²) in [7, 11) is 0. The summed E-state index contributed by atoms with van der Waals surface area (Å²) >= 11 is 3.57. The first-order valence-corrected chi connectivity index (χ1v) is 8.17. The zero-order chi connectivity index (χ0) is 14.0. The monoisotopic (exact) mass is 323 g/mol. The second kappa shape index (κ2) is 5.87. The molecule has 0 unspecified atom stereocenters. The maximum Gasteiger partial charge on any atom is 0.0356 e. The first-order chi connectivity index (χ1) is 8.84. The minimum atomic E-state index is 0.470. The Bertz CT molecular complexity index is 405. The molecular weight excluding hydrogens is 298 g/mol. The van der Waals surface area contributed by atoms with Crippen LogP contribution in [0, 0.1) is 18.3 Å². The molecule has 0 aliphatic heterocycles. The van der Waals surface area contributed by atoms with Gasteiger partial charge < -0.3 is 5.32 Å². The van der Waals surface area contributed by atoms with Crippen LogP contribution >= 0.6 is 15.9 Å². The number of anilines is 1. The van der Waals surface area contributed by atoms with E-state index in [0.717, 1.165) is 5.92 Å². The van der Waals surface area contributed by atoms with Crippen LogP contribution in [0.2, 0.25) is 0 Å². The van der Waals surface area contributed by atoms with E-state index < -0.39 is 0 Å². The fraction of sp³-hybridized carbons (Fsp3) is 0.647. The van der Waals surface area contributed by atoms with Crippen molar-refractivity contribution in [1.29, 1.82) is 0 Å². The number of benzene rings is 1. The zero-order valence-corrected chi connectivity index (χ0v) is 14.2. The summed E-state index contributed by atoms with van der Waals surface area (Å²) < 4.78 is 1.17. The molecule has 106 valence electrons. The molecule has 0 heterocycles. The molecule has 1 saturated carbocycles. The van der Waals surface area contributed by atoms with Crippen LogP contribution in [0.3, 0.4) is 0 Å². The van der Waals surface area contributed by atoms with Crippen molar-refractivity contribution in [2.75, 3.05) is 5.32 Å². The van der Waals surface area contributed by atoms with Gasteiger partial charge in [-0.2, -0.15) is 0 Å². The van der Waals surface area contributed by atoms with Gasteiger partial charge in [0.2, 0.25) is 0 Å². The highest BCUT2D eigenvalue weighted by Crippen LogP contribution is 2.38. The van der Waals surface area contributed by atoms with Gasteiger partial charge >= 0.3 is 0 Å². The molecule has 0 radical (unpaired) electrons. The summed E-state index contributed by atoms with van der Waals surface area (Å²) in [6.45, 7) is 9.28. The van der Waals surface area contributed by atoms with E-state index in [1.165, 1.54) is 41.4 Å². The van der Waals surface area contributed by atoms with Gasteiger partial charge in [-0.3, -0.25) is 0 Å². The highest BCUT2D eigenvalue weighted by molar-refractivity contribution is 9.10. The first-order valence-electron chi connectivity index (χ1n) is 7.38. The van der Waals surface area contributed by atoms with Crippen molar-refractivity contribution in [1.82, 2.24) is 0 Å². The normalized spacial score (nSPS) is 24.3. The van der Waals surface area contributed by atoms with Crippen molar-refractivity contribution in [3.05, 3.63) is 28.2 Å². The van der Waals surface area contributed by atoms with Crippen molar-refractivity contribution >= 4 is 21.6 Å². The minimum absolute atomic E-state index is 0.470. The molecule has 1 aliphatic rings. The van der Waals surface area contributed by atoms with Gasteiger partial charge in [0.25, 0.3) is 0 Å². The lowest BCUT2D eigenvalue weighted by molar-refractivity contribution is 0.173. The third-order valence-corrected chi connectivity index (χ3v) is 4.82. The van der Waals surface area contributed by atoms with Crippen molar-refractivity contribution in [3.8, 4) is 0 Å². The van der Waals surface area contributed by atoms with Crippen LogP contribution in [0.25, 0.3) is 0 Å². The second-order valence-electron chi connectivity index (χ2n) is 7.08. The smallest absolute Gasteiger partial charge is 0.0356 e. The highest BCUT2D eigenvalue weighted by atomic mass is 79.9. The molecule has 1 nitrogen and oxygen atoms in total. The van der Waals surface area contributed by atoms with Crippen molar-refractivity contribution in [2.24, 2.45) is 11.3 Å². The zero-order valence-electron chi connectivity index (χ0n) is 12.6. The van der Waals surface area contributed by atoms with Crippen LogP contribution in [0.15, 0.2) is 22.7 Å². The maximum absolute atomic E-state index is 3.70. The van der Waals surface area contributed by atoms with Crippen LogP contribution < -0.4 is 5.32 Å². The van der Waals surface area contributed by atoms with Gasteiger partial charge in [-0.05, 0) is 67.7 Å². The topological polar surface area (TPSA) is 12.0 Å². The van der Waals surface area contributed by atoms with Gasteiger partial charge in [0.1, 0.15) is 0 Å². The van der Waals surface area contributed by atoms with Crippen molar-refractivity contribution < 1.29 is 0 Å². The Hall–Kier alpha value is -0.500. The third kappa shape index (κ3) is 4.24. The molecule has 19 heavy (non-hydrogen) atoms. The molecule has 0 atom stereocenters. The Labute approximate surface area is 126 Å². The Balaban J connectivity index is 1.92. The molecule has 0 amide bonds. The van der Waals surface area contributed by atoms with Gasteiger partial charge in [0.05, 0.1) is 0 Å². The first kappa shape index (κ1) is 14.9. The summed E-state index contributed by atoms with van der Waals surface area (Å²) in [6, 6.07) is 7.22. The summed E-state index contributed by atoms with van der Waals surface area (Å²) in [6.07, 6.45) is 5.31. The van der Waals surface area contributed by atoms with E-state index in [1.807, 2.05) is 0 Å². The number of hydrogen-bond acceptors (Lipinski definition) is 1. The molecular formula is C17H26BrN. The molecule has 0 spiro atoms. The van der Waals surface area contributed by atoms with Gasteiger partial charge in [-0.25, -0.2) is 0 Å². The Kier molecular flexibility index (Phi) is 4.60. The quantitative estimate of drug-likeness (QED) is 0.728. The second-order valence-corrected chi connectivity index (χ2v) is 7.99. The van der Waals surface area contributed by atoms with E-state index >= 15 is 0 Å². The van der Waals surface area contributed by atoms with Gasteiger partial charge in [-0.15, -0.1) is 0 Å². The lowest BCUT2D eigenvalue weighted by Crippen LogP contribution is -2.31. The fourth-order valence-corrected chi connectivity index (χ4v) is 3.77. The average molecular weight is 324 g/mol.